The second kappa shape index (κ2) is 4.02. The van der Waals surface area contributed by atoms with Crippen molar-refractivity contribution in [3.8, 4) is 0 Å². The highest BCUT2D eigenvalue weighted by molar-refractivity contribution is 4.84. The zero-order valence-electron chi connectivity index (χ0n) is 10.1. The largest absolute Gasteiger partial charge is 0.0625 e. The molecule has 0 aromatic heterocycles. The highest BCUT2D eigenvalue weighted by atomic mass is 14.4. The second-order valence-electron chi connectivity index (χ2n) is 5.93. The van der Waals surface area contributed by atoms with Crippen LogP contribution in [0.1, 0.15) is 60.3 Å². The minimum atomic E-state index is 0.556. The molecule has 1 aliphatic carbocycles. The van der Waals surface area contributed by atoms with Gasteiger partial charge in [0.05, 0.1) is 0 Å². The Morgan fingerprint density at radius 1 is 1.00 bits per heavy atom. The Balaban J connectivity index is 2.52. The van der Waals surface area contributed by atoms with Crippen molar-refractivity contribution in [3.63, 3.8) is 0 Å². The van der Waals surface area contributed by atoms with Crippen LogP contribution in [0.5, 0.6) is 0 Å². The van der Waals surface area contributed by atoms with Crippen LogP contribution in [0, 0.1) is 23.2 Å². The fourth-order valence-electron chi connectivity index (χ4n) is 2.48. The quantitative estimate of drug-likeness (QED) is 0.590. The highest BCUT2D eigenvalue weighted by Gasteiger charge is 2.34. The van der Waals surface area contributed by atoms with E-state index in [0.29, 0.717) is 5.41 Å². The van der Waals surface area contributed by atoms with Gasteiger partial charge in [-0.25, -0.2) is 0 Å². The molecule has 0 heterocycles. The van der Waals surface area contributed by atoms with Crippen LogP contribution in [0.2, 0.25) is 0 Å². The van der Waals surface area contributed by atoms with Gasteiger partial charge in [-0.3, -0.25) is 0 Å². The Bertz CT molecular complexity index is 147. The molecule has 0 aliphatic heterocycles. The zero-order valence-corrected chi connectivity index (χ0v) is 10.1. The van der Waals surface area contributed by atoms with E-state index in [2.05, 4.69) is 34.6 Å². The summed E-state index contributed by atoms with van der Waals surface area (Å²) in [4.78, 5) is 0. The molecule has 13 heavy (non-hydrogen) atoms. The molecule has 78 valence electrons. The summed E-state index contributed by atoms with van der Waals surface area (Å²) < 4.78 is 0. The molecule has 0 spiro atoms. The average Bonchev–Trinajstić information content (AvgIpc) is 2.04. The molecule has 0 radical (unpaired) electrons. The predicted octanol–water partition coefficient (Wildman–Crippen LogP) is 4.49. The highest BCUT2D eigenvalue weighted by Crippen LogP contribution is 2.44. The van der Waals surface area contributed by atoms with E-state index in [1.54, 1.807) is 0 Å². The fourth-order valence-corrected chi connectivity index (χ4v) is 2.48. The van der Waals surface area contributed by atoms with Gasteiger partial charge in [0.1, 0.15) is 0 Å². The molecule has 1 rings (SSSR count). The standard InChI is InChI=1S/C13H26/c1-10(2)13(4,5)12-8-6-11(3)7-9-12/h10-12H,6-9H2,1-5H3. The summed E-state index contributed by atoms with van der Waals surface area (Å²) in [6.07, 6.45) is 5.85. The van der Waals surface area contributed by atoms with Crippen LogP contribution in [-0.4, -0.2) is 0 Å². The van der Waals surface area contributed by atoms with Crippen molar-refractivity contribution in [1.29, 1.82) is 0 Å². The molecule has 0 bridgehead atoms. The second-order valence-corrected chi connectivity index (χ2v) is 5.93. The third-order valence-electron chi connectivity index (χ3n) is 4.56. The summed E-state index contributed by atoms with van der Waals surface area (Å²) in [5.74, 6) is 2.79. The summed E-state index contributed by atoms with van der Waals surface area (Å²) in [7, 11) is 0. The molecule has 0 unspecified atom stereocenters. The lowest BCUT2D eigenvalue weighted by atomic mass is 9.64. The molecule has 1 fully saturated rings. The van der Waals surface area contributed by atoms with Gasteiger partial charge in [-0.2, -0.15) is 0 Å². The maximum Gasteiger partial charge on any atom is -0.0303 e. The molecular weight excluding hydrogens is 156 g/mol. The normalized spacial score (nSPS) is 30.9. The Hall–Kier alpha value is 0. The summed E-state index contributed by atoms with van der Waals surface area (Å²) in [6, 6.07) is 0. The van der Waals surface area contributed by atoms with Crippen molar-refractivity contribution in [3.05, 3.63) is 0 Å². The van der Waals surface area contributed by atoms with E-state index < -0.39 is 0 Å². The zero-order chi connectivity index (χ0) is 10.1. The molecule has 0 aromatic carbocycles. The third-order valence-corrected chi connectivity index (χ3v) is 4.56. The van der Waals surface area contributed by atoms with E-state index in [4.69, 9.17) is 0 Å². The Kier molecular flexibility index (Phi) is 3.43. The lowest BCUT2D eigenvalue weighted by molar-refractivity contribution is 0.0885. The van der Waals surface area contributed by atoms with Gasteiger partial charge in [0.15, 0.2) is 0 Å². The molecule has 0 amide bonds. The minimum absolute atomic E-state index is 0.556. The first kappa shape index (κ1) is 11.1. The van der Waals surface area contributed by atoms with Crippen molar-refractivity contribution in [1.82, 2.24) is 0 Å². The van der Waals surface area contributed by atoms with Crippen LogP contribution in [0.4, 0.5) is 0 Å². The molecule has 0 N–H and O–H groups in total. The Morgan fingerprint density at radius 2 is 1.46 bits per heavy atom. The van der Waals surface area contributed by atoms with E-state index in [0.717, 1.165) is 17.8 Å². The van der Waals surface area contributed by atoms with Gasteiger partial charge in [-0.05, 0) is 36.0 Å². The van der Waals surface area contributed by atoms with E-state index in [1.807, 2.05) is 0 Å². The van der Waals surface area contributed by atoms with Crippen molar-refractivity contribution in [2.75, 3.05) is 0 Å². The van der Waals surface area contributed by atoms with Gasteiger partial charge >= 0.3 is 0 Å². The fraction of sp³-hybridized carbons (Fsp3) is 1.00. The van der Waals surface area contributed by atoms with Crippen LogP contribution < -0.4 is 0 Å². The first-order chi connectivity index (χ1) is 5.94. The Morgan fingerprint density at radius 3 is 1.85 bits per heavy atom. The maximum absolute atomic E-state index is 2.46. The molecule has 0 heteroatoms. The lowest BCUT2D eigenvalue weighted by Crippen LogP contribution is -2.32. The number of rotatable bonds is 2. The van der Waals surface area contributed by atoms with Crippen LogP contribution in [-0.2, 0) is 0 Å². The summed E-state index contributed by atoms with van der Waals surface area (Å²) in [6.45, 7) is 12.1. The van der Waals surface area contributed by atoms with Crippen LogP contribution in [0.3, 0.4) is 0 Å². The molecule has 1 aliphatic rings. The van der Waals surface area contributed by atoms with E-state index in [9.17, 15) is 0 Å². The lowest BCUT2D eigenvalue weighted by Gasteiger charge is -2.41. The van der Waals surface area contributed by atoms with Gasteiger partial charge in [0.2, 0.25) is 0 Å². The predicted molar refractivity (Wildman–Crippen MR) is 59.7 cm³/mol. The third kappa shape index (κ3) is 2.48. The van der Waals surface area contributed by atoms with E-state index in [-0.39, 0.29) is 0 Å². The van der Waals surface area contributed by atoms with Gasteiger partial charge in [-0.15, -0.1) is 0 Å². The average molecular weight is 182 g/mol. The van der Waals surface area contributed by atoms with Crippen molar-refractivity contribution >= 4 is 0 Å². The Labute approximate surface area is 84.1 Å². The molecule has 0 aromatic rings. The first-order valence-corrected chi connectivity index (χ1v) is 5.94. The minimum Gasteiger partial charge on any atom is -0.0625 e. The molecule has 0 atom stereocenters. The first-order valence-electron chi connectivity index (χ1n) is 5.94. The number of hydrogen-bond donors (Lipinski definition) is 0. The van der Waals surface area contributed by atoms with Crippen LogP contribution in [0.15, 0.2) is 0 Å². The molecule has 0 nitrogen and oxygen atoms in total. The molecule has 1 saturated carbocycles. The monoisotopic (exact) mass is 182 g/mol. The van der Waals surface area contributed by atoms with Crippen LogP contribution in [0.25, 0.3) is 0 Å². The van der Waals surface area contributed by atoms with Crippen LogP contribution >= 0.6 is 0 Å². The van der Waals surface area contributed by atoms with E-state index in [1.165, 1.54) is 25.7 Å². The topological polar surface area (TPSA) is 0 Å². The smallest absolute Gasteiger partial charge is 0.0303 e. The summed E-state index contributed by atoms with van der Waals surface area (Å²) in [5, 5.41) is 0. The van der Waals surface area contributed by atoms with E-state index >= 15 is 0 Å². The summed E-state index contributed by atoms with van der Waals surface area (Å²) >= 11 is 0. The van der Waals surface area contributed by atoms with Crippen molar-refractivity contribution in [2.45, 2.75) is 60.3 Å². The van der Waals surface area contributed by atoms with Crippen molar-refractivity contribution in [2.24, 2.45) is 23.2 Å². The molecular formula is C13H26. The molecule has 0 saturated heterocycles. The SMILES string of the molecule is CC1CCC(C(C)(C)C(C)C)CC1. The van der Waals surface area contributed by atoms with Crippen molar-refractivity contribution < 1.29 is 0 Å². The number of hydrogen-bond acceptors (Lipinski definition) is 0. The summed E-state index contributed by atoms with van der Waals surface area (Å²) in [5.41, 5.74) is 0.556. The van der Waals surface area contributed by atoms with Gasteiger partial charge in [-0.1, -0.05) is 47.5 Å². The maximum atomic E-state index is 2.46. The van der Waals surface area contributed by atoms with Gasteiger partial charge in [0.25, 0.3) is 0 Å². The van der Waals surface area contributed by atoms with Gasteiger partial charge in [0, 0.05) is 0 Å². The van der Waals surface area contributed by atoms with Gasteiger partial charge < -0.3 is 0 Å².